The average molecular weight is 184 g/mol. The molecule has 0 aromatic rings. The Labute approximate surface area is 80.5 Å². The Hall–Kier alpha value is -0.730. The highest BCUT2D eigenvalue weighted by Gasteiger charge is 2.26. The largest absolute Gasteiger partial charge is 0.336 e. The third-order valence-electron chi connectivity index (χ3n) is 2.92. The van der Waals surface area contributed by atoms with E-state index in [9.17, 15) is 4.79 Å². The van der Waals surface area contributed by atoms with Crippen LogP contribution in [0.25, 0.3) is 0 Å². The molecule has 1 saturated heterocycles. The molecular weight excluding hydrogens is 164 g/mol. The second-order valence-electron chi connectivity index (χ2n) is 4.95. The Morgan fingerprint density at radius 3 is 2.54 bits per heavy atom. The number of nitrogens with zero attached hydrogens (tertiary/aromatic N) is 1. The van der Waals surface area contributed by atoms with Gasteiger partial charge in [-0.15, -0.1) is 0 Å². The minimum Gasteiger partial charge on any atom is -0.336 e. The third kappa shape index (κ3) is 2.61. The number of rotatable bonds is 2. The number of carbonyl (C=O) groups is 1. The Morgan fingerprint density at radius 2 is 2.15 bits per heavy atom. The molecule has 0 aliphatic carbocycles. The predicted octanol–water partition coefficient (Wildman–Crippen LogP) is 1.69. The van der Waals surface area contributed by atoms with E-state index in [1.54, 1.807) is 0 Å². The van der Waals surface area contributed by atoms with Gasteiger partial charge in [0.15, 0.2) is 0 Å². The van der Waals surface area contributed by atoms with Crippen molar-refractivity contribution in [2.75, 3.05) is 19.6 Å². The monoisotopic (exact) mass is 184 g/mol. The lowest BCUT2D eigenvalue weighted by Gasteiger charge is -2.30. The highest BCUT2D eigenvalue weighted by molar-refractivity contribution is 5.76. The van der Waals surface area contributed by atoms with Crippen LogP contribution >= 0.6 is 0 Å². The maximum absolute atomic E-state index is 11.3. The van der Waals surface area contributed by atoms with Crippen LogP contribution in [0.3, 0.4) is 0 Å². The third-order valence-corrected chi connectivity index (χ3v) is 2.92. The van der Waals surface area contributed by atoms with E-state index >= 15 is 0 Å². The van der Waals surface area contributed by atoms with Crippen molar-refractivity contribution in [1.82, 2.24) is 10.2 Å². The van der Waals surface area contributed by atoms with Crippen LogP contribution in [0.2, 0.25) is 0 Å². The first-order valence-corrected chi connectivity index (χ1v) is 4.94. The summed E-state index contributed by atoms with van der Waals surface area (Å²) < 4.78 is 0. The van der Waals surface area contributed by atoms with Crippen molar-refractivity contribution in [2.45, 2.75) is 27.7 Å². The van der Waals surface area contributed by atoms with Crippen molar-refractivity contribution < 1.29 is 4.79 Å². The molecule has 2 amide bonds. The van der Waals surface area contributed by atoms with Gasteiger partial charge in [-0.1, -0.05) is 27.7 Å². The van der Waals surface area contributed by atoms with Crippen LogP contribution in [0, 0.1) is 11.3 Å². The minimum absolute atomic E-state index is 0.0936. The van der Waals surface area contributed by atoms with Crippen molar-refractivity contribution in [1.29, 1.82) is 0 Å². The van der Waals surface area contributed by atoms with E-state index < -0.39 is 0 Å². The number of carbonyl (C=O) groups excluding carboxylic acids is 1. The lowest BCUT2D eigenvalue weighted by Crippen LogP contribution is -2.36. The number of amides is 2. The molecule has 1 aliphatic heterocycles. The number of hydrogen-bond acceptors (Lipinski definition) is 1. The second-order valence-corrected chi connectivity index (χ2v) is 4.95. The van der Waals surface area contributed by atoms with Crippen molar-refractivity contribution in [3.63, 3.8) is 0 Å². The van der Waals surface area contributed by atoms with Crippen LogP contribution in [0.4, 0.5) is 4.79 Å². The van der Waals surface area contributed by atoms with Gasteiger partial charge in [0.1, 0.15) is 0 Å². The first-order valence-electron chi connectivity index (χ1n) is 4.94. The molecule has 1 N–H and O–H groups in total. The molecule has 0 aromatic carbocycles. The van der Waals surface area contributed by atoms with Crippen LogP contribution in [0.1, 0.15) is 27.7 Å². The average Bonchev–Trinajstić information content (AvgIpc) is 2.34. The van der Waals surface area contributed by atoms with Crippen LogP contribution in [-0.4, -0.2) is 30.6 Å². The summed E-state index contributed by atoms with van der Waals surface area (Å²) in [4.78, 5) is 13.2. The van der Waals surface area contributed by atoms with Crippen molar-refractivity contribution >= 4 is 6.03 Å². The zero-order valence-electron chi connectivity index (χ0n) is 9.05. The summed E-state index contributed by atoms with van der Waals surface area (Å²) >= 11 is 0. The molecule has 0 bridgehead atoms. The molecular formula is C10H20N2O. The van der Waals surface area contributed by atoms with E-state index in [0.717, 1.165) is 19.6 Å². The second kappa shape index (κ2) is 3.56. The van der Waals surface area contributed by atoms with Crippen molar-refractivity contribution in [2.24, 2.45) is 11.3 Å². The van der Waals surface area contributed by atoms with Gasteiger partial charge in [0, 0.05) is 19.6 Å². The van der Waals surface area contributed by atoms with E-state index in [1.807, 2.05) is 4.90 Å². The Bertz CT molecular complexity index is 196. The van der Waals surface area contributed by atoms with E-state index in [-0.39, 0.29) is 11.4 Å². The molecule has 13 heavy (non-hydrogen) atoms. The van der Waals surface area contributed by atoms with Gasteiger partial charge in [-0.3, -0.25) is 0 Å². The van der Waals surface area contributed by atoms with E-state index in [2.05, 4.69) is 33.0 Å². The first kappa shape index (κ1) is 10.4. The Morgan fingerprint density at radius 1 is 1.54 bits per heavy atom. The fourth-order valence-electron chi connectivity index (χ4n) is 1.29. The number of hydrogen-bond donors (Lipinski definition) is 1. The maximum atomic E-state index is 11.3. The molecule has 1 heterocycles. The van der Waals surface area contributed by atoms with Gasteiger partial charge >= 0.3 is 6.03 Å². The van der Waals surface area contributed by atoms with Crippen LogP contribution in [-0.2, 0) is 0 Å². The molecule has 1 unspecified atom stereocenters. The van der Waals surface area contributed by atoms with Gasteiger partial charge in [-0.05, 0) is 11.3 Å². The van der Waals surface area contributed by atoms with Gasteiger partial charge in [0.25, 0.3) is 0 Å². The standard InChI is InChI=1S/C10H20N2O/c1-8(10(2,3)4)7-12-6-5-11-9(12)13/h8H,5-7H2,1-4H3,(H,11,13). The normalized spacial score (nSPS) is 20.3. The zero-order valence-corrected chi connectivity index (χ0v) is 9.05. The molecule has 3 heteroatoms. The van der Waals surface area contributed by atoms with E-state index in [0.29, 0.717) is 5.92 Å². The molecule has 1 rings (SSSR count). The molecule has 0 aromatic heterocycles. The lowest BCUT2D eigenvalue weighted by atomic mass is 9.82. The molecule has 0 radical (unpaired) electrons. The summed E-state index contributed by atoms with van der Waals surface area (Å²) in [7, 11) is 0. The number of nitrogens with one attached hydrogen (secondary N) is 1. The SMILES string of the molecule is CC(CN1CCNC1=O)C(C)(C)C. The molecule has 1 aliphatic rings. The van der Waals surface area contributed by atoms with Crippen molar-refractivity contribution in [3.8, 4) is 0 Å². The molecule has 0 spiro atoms. The summed E-state index contributed by atoms with van der Waals surface area (Å²) in [5.74, 6) is 0.538. The Kier molecular flexibility index (Phi) is 2.84. The molecule has 0 saturated carbocycles. The lowest BCUT2D eigenvalue weighted by molar-refractivity contribution is 0.177. The summed E-state index contributed by atoms with van der Waals surface area (Å²) in [6, 6.07) is 0.0936. The molecule has 1 atom stereocenters. The van der Waals surface area contributed by atoms with Gasteiger partial charge in [-0.25, -0.2) is 4.79 Å². The van der Waals surface area contributed by atoms with E-state index in [1.165, 1.54) is 0 Å². The summed E-state index contributed by atoms with van der Waals surface area (Å²) in [5.41, 5.74) is 0.281. The molecule has 76 valence electrons. The highest BCUT2D eigenvalue weighted by atomic mass is 16.2. The highest BCUT2D eigenvalue weighted by Crippen LogP contribution is 2.26. The van der Waals surface area contributed by atoms with Crippen LogP contribution < -0.4 is 5.32 Å². The number of urea groups is 1. The Balaban J connectivity index is 2.44. The van der Waals surface area contributed by atoms with Gasteiger partial charge < -0.3 is 10.2 Å². The smallest absolute Gasteiger partial charge is 0.317 e. The van der Waals surface area contributed by atoms with Crippen molar-refractivity contribution in [3.05, 3.63) is 0 Å². The predicted molar refractivity (Wildman–Crippen MR) is 53.6 cm³/mol. The van der Waals surface area contributed by atoms with E-state index in [4.69, 9.17) is 0 Å². The first-order chi connectivity index (χ1) is 5.91. The molecule has 3 nitrogen and oxygen atoms in total. The fraction of sp³-hybridized carbons (Fsp3) is 0.900. The zero-order chi connectivity index (χ0) is 10.1. The van der Waals surface area contributed by atoms with Gasteiger partial charge in [0.2, 0.25) is 0 Å². The van der Waals surface area contributed by atoms with Crippen LogP contribution in [0.15, 0.2) is 0 Å². The quantitative estimate of drug-likeness (QED) is 0.696. The van der Waals surface area contributed by atoms with Gasteiger partial charge in [-0.2, -0.15) is 0 Å². The van der Waals surface area contributed by atoms with Gasteiger partial charge in [0.05, 0.1) is 0 Å². The topological polar surface area (TPSA) is 32.3 Å². The van der Waals surface area contributed by atoms with Crippen LogP contribution in [0.5, 0.6) is 0 Å². The maximum Gasteiger partial charge on any atom is 0.317 e. The fourth-order valence-corrected chi connectivity index (χ4v) is 1.29. The summed E-state index contributed by atoms with van der Waals surface area (Å²) in [6.07, 6.45) is 0. The molecule has 1 fully saturated rings. The summed E-state index contributed by atoms with van der Waals surface area (Å²) in [6.45, 7) is 11.4. The minimum atomic E-state index is 0.0936. The summed E-state index contributed by atoms with van der Waals surface area (Å²) in [5, 5.41) is 2.81.